The van der Waals surface area contributed by atoms with E-state index in [1.54, 1.807) is 6.33 Å². The molecule has 2 aromatic rings. The Morgan fingerprint density at radius 3 is 2.84 bits per heavy atom. The summed E-state index contributed by atoms with van der Waals surface area (Å²) in [6.07, 6.45) is 3.51. The molecule has 0 bridgehead atoms. The highest BCUT2D eigenvalue weighted by Crippen LogP contribution is 2.14. The molecular weight excluding hydrogens is 236 g/mol. The van der Waals surface area contributed by atoms with Crippen LogP contribution in [0, 0.1) is 12.8 Å². The quantitative estimate of drug-likeness (QED) is 0.861. The van der Waals surface area contributed by atoms with Gasteiger partial charge in [-0.2, -0.15) is 5.10 Å². The van der Waals surface area contributed by atoms with Crippen molar-refractivity contribution in [1.82, 2.24) is 14.8 Å². The molecule has 0 aliphatic rings. The standard InChI is InChI=1S/C15H22N4/c1-3-19-15(17-11-18-19)9-14(10-16)8-13-6-4-5-12(2)7-13/h4-7,11,14H,3,8-10,16H2,1-2H3. The van der Waals surface area contributed by atoms with Crippen molar-refractivity contribution in [3.63, 3.8) is 0 Å². The fourth-order valence-corrected chi connectivity index (χ4v) is 2.38. The van der Waals surface area contributed by atoms with Gasteiger partial charge in [0.25, 0.3) is 0 Å². The molecule has 0 fully saturated rings. The van der Waals surface area contributed by atoms with Crippen molar-refractivity contribution in [1.29, 1.82) is 0 Å². The first-order chi connectivity index (χ1) is 9.22. The van der Waals surface area contributed by atoms with Crippen molar-refractivity contribution in [2.75, 3.05) is 6.54 Å². The van der Waals surface area contributed by atoms with E-state index in [0.717, 1.165) is 25.2 Å². The molecule has 0 saturated carbocycles. The SMILES string of the molecule is CCn1ncnc1CC(CN)Cc1cccc(C)c1. The molecule has 0 aliphatic heterocycles. The summed E-state index contributed by atoms with van der Waals surface area (Å²) in [6.45, 7) is 5.73. The summed E-state index contributed by atoms with van der Waals surface area (Å²) in [6, 6.07) is 8.62. The largest absolute Gasteiger partial charge is 0.330 e. The summed E-state index contributed by atoms with van der Waals surface area (Å²) in [5.41, 5.74) is 8.55. The van der Waals surface area contributed by atoms with Crippen molar-refractivity contribution in [2.45, 2.75) is 33.2 Å². The van der Waals surface area contributed by atoms with E-state index in [0.29, 0.717) is 12.5 Å². The van der Waals surface area contributed by atoms with Crippen LogP contribution in [0.5, 0.6) is 0 Å². The maximum absolute atomic E-state index is 5.91. The molecule has 0 radical (unpaired) electrons. The summed E-state index contributed by atoms with van der Waals surface area (Å²) in [5.74, 6) is 1.45. The Morgan fingerprint density at radius 1 is 1.32 bits per heavy atom. The van der Waals surface area contributed by atoms with E-state index in [1.165, 1.54) is 11.1 Å². The van der Waals surface area contributed by atoms with E-state index in [1.807, 2.05) is 4.68 Å². The monoisotopic (exact) mass is 258 g/mol. The average Bonchev–Trinajstić information content (AvgIpc) is 2.85. The minimum absolute atomic E-state index is 0.413. The summed E-state index contributed by atoms with van der Waals surface area (Å²) in [5, 5.41) is 4.21. The minimum Gasteiger partial charge on any atom is -0.330 e. The highest BCUT2D eigenvalue weighted by atomic mass is 15.3. The molecule has 1 aromatic carbocycles. The molecule has 102 valence electrons. The lowest BCUT2D eigenvalue weighted by Crippen LogP contribution is -2.21. The van der Waals surface area contributed by atoms with Gasteiger partial charge >= 0.3 is 0 Å². The third-order valence-corrected chi connectivity index (χ3v) is 3.41. The molecule has 4 nitrogen and oxygen atoms in total. The molecule has 1 heterocycles. The van der Waals surface area contributed by atoms with Gasteiger partial charge in [0.2, 0.25) is 0 Å². The van der Waals surface area contributed by atoms with E-state index in [-0.39, 0.29) is 0 Å². The second kappa shape index (κ2) is 6.48. The Hall–Kier alpha value is -1.68. The maximum Gasteiger partial charge on any atom is 0.138 e. The lowest BCUT2D eigenvalue weighted by molar-refractivity contribution is 0.492. The predicted molar refractivity (Wildman–Crippen MR) is 76.8 cm³/mol. The minimum atomic E-state index is 0.413. The Kier molecular flexibility index (Phi) is 4.68. The zero-order chi connectivity index (χ0) is 13.7. The molecule has 2 N–H and O–H groups in total. The van der Waals surface area contributed by atoms with Crippen LogP contribution in [0.1, 0.15) is 23.9 Å². The second-order valence-corrected chi connectivity index (χ2v) is 4.99. The summed E-state index contributed by atoms with van der Waals surface area (Å²) >= 11 is 0. The summed E-state index contributed by atoms with van der Waals surface area (Å²) in [4.78, 5) is 4.33. The Bertz CT molecular complexity index is 518. The third-order valence-electron chi connectivity index (χ3n) is 3.41. The van der Waals surface area contributed by atoms with Gasteiger partial charge in [0, 0.05) is 13.0 Å². The molecule has 0 amide bonds. The molecule has 0 saturated heterocycles. The number of hydrogen-bond donors (Lipinski definition) is 1. The lowest BCUT2D eigenvalue weighted by Gasteiger charge is -2.15. The number of nitrogens with two attached hydrogens (primary N) is 1. The molecule has 4 heteroatoms. The van der Waals surface area contributed by atoms with Crippen molar-refractivity contribution in [3.05, 3.63) is 47.5 Å². The van der Waals surface area contributed by atoms with Crippen LogP contribution in [0.4, 0.5) is 0 Å². The van der Waals surface area contributed by atoms with Crippen LogP contribution in [0.15, 0.2) is 30.6 Å². The molecule has 1 aromatic heterocycles. The van der Waals surface area contributed by atoms with Gasteiger partial charge < -0.3 is 5.73 Å². The first-order valence-corrected chi connectivity index (χ1v) is 6.85. The highest BCUT2D eigenvalue weighted by Gasteiger charge is 2.13. The predicted octanol–water partition coefficient (Wildman–Crippen LogP) is 1.97. The first-order valence-electron chi connectivity index (χ1n) is 6.85. The molecule has 1 atom stereocenters. The topological polar surface area (TPSA) is 56.7 Å². The molecule has 2 rings (SSSR count). The van der Waals surface area contributed by atoms with Crippen LogP contribution in [-0.4, -0.2) is 21.3 Å². The van der Waals surface area contributed by atoms with E-state index in [9.17, 15) is 0 Å². The number of aryl methyl sites for hydroxylation is 2. The van der Waals surface area contributed by atoms with Gasteiger partial charge in [0.15, 0.2) is 0 Å². The Labute approximate surface area is 114 Å². The number of benzene rings is 1. The molecular formula is C15H22N4. The summed E-state index contributed by atoms with van der Waals surface area (Å²) < 4.78 is 1.94. The van der Waals surface area contributed by atoms with Crippen LogP contribution < -0.4 is 5.73 Å². The molecule has 19 heavy (non-hydrogen) atoms. The van der Waals surface area contributed by atoms with Crippen LogP contribution in [0.25, 0.3) is 0 Å². The van der Waals surface area contributed by atoms with Crippen LogP contribution in [-0.2, 0) is 19.4 Å². The van der Waals surface area contributed by atoms with Gasteiger partial charge in [-0.25, -0.2) is 4.98 Å². The van der Waals surface area contributed by atoms with Crippen LogP contribution >= 0.6 is 0 Å². The number of rotatable bonds is 6. The first kappa shape index (κ1) is 13.7. The Balaban J connectivity index is 2.04. The van der Waals surface area contributed by atoms with Gasteiger partial charge in [-0.1, -0.05) is 29.8 Å². The normalized spacial score (nSPS) is 12.6. The van der Waals surface area contributed by atoms with Crippen LogP contribution in [0.3, 0.4) is 0 Å². The highest BCUT2D eigenvalue weighted by molar-refractivity contribution is 5.22. The molecule has 0 aliphatic carbocycles. The zero-order valence-electron chi connectivity index (χ0n) is 11.7. The van der Waals surface area contributed by atoms with E-state index in [4.69, 9.17) is 5.73 Å². The van der Waals surface area contributed by atoms with Gasteiger partial charge in [0.05, 0.1) is 0 Å². The molecule has 1 unspecified atom stereocenters. The third kappa shape index (κ3) is 3.64. The van der Waals surface area contributed by atoms with Crippen molar-refractivity contribution in [2.24, 2.45) is 11.7 Å². The Morgan fingerprint density at radius 2 is 2.16 bits per heavy atom. The number of aromatic nitrogens is 3. The van der Waals surface area contributed by atoms with Crippen molar-refractivity contribution >= 4 is 0 Å². The van der Waals surface area contributed by atoms with Gasteiger partial charge in [-0.3, -0.25) is 4.68 Å². The van der Waals surface area contributed by atoms with Crippen LogP contribution in [0.2, 0.25) is 0 Å². The lowest BCUT2D eigenvalue weighted by atomic mass is 9.95. The van der Waals surface area contributed by atoms with Gasteiger partial charge in [-0.05, 0) is 38.3 Å². The zero-order valence-corrected chi connectivity index (χ0v) is 11.7. The van der Waals surface area contributed by atoms with Crippen molar-refractivity contribution in [3.8, 4) is 0 Å². The average molecular weight is 258 g/mol. The van der Waals surface area contributed by atoms with Gasteiger partial charge in [-0.15, -0.1) is 0 Å². The smallest absolute Gasteiger partial charge is 0.138 e. The van der Waals surface area contributed by atoms with Crippen molar-refractivity contribution < 1.29 is 0 Å². The fraction of sp³-hybridized carbons (Fsp3) is 0.467. The molecule has 0 spiro atoms. The van der Waals surface area contributed by atoms with E-state index >= 15 is 0 Å². The number of nitrogens with zero attached hydrogens (tertiary/aromatic N) is 3. The van der Waals surface area contributed by atoms with E-state index in [2.05, 4.69) is 48.2 Å². The number of hydrogen-bond acceptors (Lipinski definition) is 3. The van der Waals surface area contributed by atoms with E-state index < -0.39 is 0 Å². The summed E-state index contributed by atoms with van der Waals surface area (Å²) in [7, 11) is 0. The van der Waals surface area contributed by atoms with Gasteiger partial charge in [0.1, 0.15) is 12.2 Å². The maximum atomic E-state index is 5.91. The second-order valence-electron chi connectivity index (χ2n) is 4.99. The fourth-order valence-electron chi connectivity index (χ4n) is 2.38.